The number of hydrogen-bond donors (Lipinski definition) is 1. The fourth-order valence-corrected chi connectivity index (χ4v) is 3.77. The second-order valence-corrected chi connectivity index (χ2v) is 7.81. The molecule has 22 heavy (non-hydrogen) atoms. The number of hydrogen-bond acceptors (Lipinski definition) is 6. The Labute approximate surface area is 137 Å². The molecule has 1 aromatic rings. The topological polar surface area (TPSA) is 94.0 Å². The zero-order valence-corrected chi connectivity index (χ0v) is 14.2. The van der Waals surface area contributed by atoms with Crippen molar-refractivity contribution in [1.82, 2.24) is 14.4 Å². The van der Waals surface area contributed by atoms with Gasteiger partial charge in [0.15, 0.2) is 0 Å². The molecule has 0 saturated carbocycles. The maximum absolute atomic E-state index is 12.1. The van der Waals surface area contributed by atoms with E-state index in [2.05, 4.69) is 20.9 Å². The average Bonchev–Trinajstić information content (AvgIpc) is 2.53. The Hall–Kier alpha value is -1.23. The van der Waals surface area contributed by atoms with Crippen LogP contribution in [0, 0.1) is 0 Å². The number of carbonyl (C=O) groups excluding carboxylic acids is 1. The number of piperazine rings is 1. The highest BCUT2D eigenvalue weighted by atomic mass is 79.9. The Kier molecular flexibility index (Phi) is 5.73. The molecule has 2 rings (SSSR count). The molecule has 1 amide bonds. The van der Waals surface area contributed by atoms with Gasteiger partial charge in [-0.1, -0.05) is 0 Å². The molecule has 122 valence electrons. The first-order chi connectivity index (χ1) is 10.4. The smallest absolute Gasteiger partial charge is 0.233 e. The summed E-state index contributed by atoms with van der Waals surface area (Å²) in [5, 5.41) is 9.33. The van der Waals surface area contributed by atoms with Crippen molar-refractivity contribution in [2.24, 2.45) is 0 Å². The fraction of sp³-hybridized carbons (Fsp3) is 0.500. The first kappa shape index (κ1) is 17.1. The Morgan fingerprint density at radius 3 is 2.55 bits per heavy atom. The van der Waals surface area contributed by atoms with Gasteiger partial charge in [0.1, 0.15) is 5.82 Å². The molecule has 0 spiro atoms. The maximum atomic E-state index is 12.1. The van der Waals surface area contributed by atoms with Gasteiger partial charge < -0.3 is 4.90 Å². The van der Waals surface area contributed by atoms with Crippen LogP contribution in [0.5, 0.6) is 0 Å². The summed E-state index contributed by atoms with van der Waals surface area (Å²) in [6.45, 7) is 1.56. The van der Waals surface area contributed by atoms with Gasteiger partial charge in [-0.15, -0.1) is 0 Å². The Bertz CT molecular complexity index is 602. The van der Waals surface area contributed by atoms with E-state index in [-0.39, 0.29) is 18.7 Å². The van der Waals surface area contributed by atoms with Crippen LogP contribution in [0.3, 0.4) is 0 Å². The highest BCUT2D eigenvalue weighted by molar-refractivity contribution is 9.10. The summed E-state index contributed by atoms with van der Waals surface area (Å²) in [5.74, 6) is 0.515. The Morgan fingerprint density at radius 2 is 2.00 bits per heavy atom. The van der Waals surface area contributed by atoms with E-state index in [0.29, 0.717) is 31.2 Å². The number of anilines is 1. The third kappa shape index (κ3) is 4.38. The van der Waals surface area contributed by atoms with Crippen molar-refractivity contribution in [1.29, 1.82) is 0 Å². The Balaban J connectivity index is 1.91. The van der Waals surface area contributed by atoms with Crippen LogP contribution >= 0.6 is 15.9 Å². The summed E-state index contributed by atoms with van der Waals surface area (Å²) in [6, 6.07) is 3.77. The molecular weight excluding hydrogens is 376 g/mol. The largest absolute Gasteiger partial charge is 0.354 e. The van der Waals surface area contributed by atoms with Crippen molar-refractivity contribution in [2.75, 3.05) is 43.4 Å². The highest BCUT2D eigenvalue weighted by Crippen LogP contribution is 2.17. The lowest BCUT2D eigenvalue weighted by molar-refractivity contribution is -0.148. The van der Waals surface area contributed by atoms with Crippen molar-refractivity contribution in [3.63, 3.8) is 0 Å². The summed E-state index contributed by atoms with van der Waals surface area (Å²) in [5.41, 5.74) is 0. The maximum Gasteiger partial charge on any atom is 0.233 e. The minimum atomic E-state index is -3.48. The van der Waals surface area contributed by atoms with Crippen LogP contribution in [0.25, 0.3) is 0 Å². The number of nitrogens with zero attached hydrogens (tertiary/aromatic N) is 4. The summed E-state index contributed by atoms with van der Waals surface area (Å²) in [7, 11) is -3.48. The first-order valence-electron chi connectivity index (χ1n) is 6.67. The Morgan fingerprint density at radius 1 is 1.32 bits per heavy atom. The number of carbonyl (C=O) groups is 1. The van der Waals surface area contributed by atoms with E-state index >= 15 is 0 Å². The second-order valence-electron chi connectivity index (χ2n) is 4.81. The number of sulfonamides is 1. The summed E-state index contributed by atoms with van der Waals surface area (Å²) >= 11 is 3.32. The van der Waals surface area contributed by atoms with Crippen LogP contribution < -0.4 is 4.90 Å². The number of rotatable bonds is 6. The van der Waals surface area contributed by atoms with Gasteiger partial charge in [0, 0.05) is 36.8 Å². The second kappa shape index (κ2) is 7.36. The van der Waals surface area contributed by atoms with Crippen LogP contribution in [0.2, 0.25) is 0 Å². The number of amides is 1. The molecule has 1 fully saturated rings. The lowest BCUT2D eigenvalue weighted by Gasteiger charge is -2.34. The van der Waals surface area contributed by atoms with Gasteiger partial charge in [0.05, 0.1) is 12.3 Å². The molecule has 1 N–H and O–H groups in total. The molecule has 1 saturated heterocycles. The SMILES string of the molecule is O=CN(O)CCS(=O)(=O)N1CCN(c2ccc(Br)cn2)CC1. The van der Waals surface area contributed by atoms with E-state index in [4.69, 9.17) is 5.21 Å². The van der Waals surface area contributed by atoms with Gasteiger partial charge >= 0.3 is 0 Å². The summed E-state index contributed by atoms with van der Waals surface area (Å²) < 4.78 is 26.5. The molecule has 8 nitrogen and oxygen atoms in total. The highest BCUT2D eigenvalue weighted by Gasteiger charge is 2.27. The molecule has 1 aromatic heterocycles. The van der Waals surface area contributed by atoms with Crippen LogP contribution in [-0.2, 0) is 14.8 Å². The lowest BCUT2D eigenvalue weighted by Crippen LogP contribution is -2.50. The monoisotopic (exact) mass is 392 g/mol. The van der Waals surface area contributed by atoms with Crippen LogP contribution in [0.4, 0.5) is 5.82 Å². The zero-order chi connectivity index (χ0) is 16.2. The average molecular weight is 393 g/mol. The normalized spacial score (nSPS) is 16.5. The molecule has 0 radical (unpaired) electrons. The van der Waals surface area contributed by atoms with E-state index < -0.39 is 10.0 Å². The quantitative estimate of drug-likeness (QED) is 0.420. The first-order valence-corrected chi connectivity index (χ1v) is 9.08. The third-order valence-electron chi connectivity index (χ3n) is 3.37. The van der Waals surface area contributed by atoms with E-state index in [1.807, 2.05) is 17.0 Å². The number of aromatic nitrogens is 1. The van der Waals surface area contributed by atoms with Gasteiger partial charge in [-0.3, -0.25) is 10.0 Å². The molecule has 2 heterocycles. The van der Waals surface area contributed by atoms with Gasteiger partial charge in [0.25, 0.3) is 0 Å². The summed E-state index contributed by atoms with van der Waals surface area (Å²) in [6.07, 6.45) is 1.89. The predicted molar refractivity (Wildman–Crippen MR) is 84.1 cm³/mol. The molecule has 0 atom stereocenters. The van der Waals surface area contributed by atoms with Gasteiger partial charge in [0.2, 0.25) is 16.4 Å². The minimum absolute atomic E-state index is 0.187. The van der Waals surface area contributed by atoms with Crippen molar-refractivity contribution >= 4 is 38.2 Å². The summed E-state index contributed by atoms with van der Waals surface area (Å²) in [4.78, 5) is 16.6. The van der Waals surface area contributed by atoms with Crippen molar-refractivity contribution in [2.45, 2.75) is 0 Å². The minimum Gasteiger partial charge on any atom is -0.354 e. The third-order valence-corrected chi connectivity index (χ3v) is 5.69. The molecule has 0 aliphatic carbocycles. The van der Waals surface area contributed by atoms with E-state index in [1.54, 1.807) is 6.20 Å². The molecule has 0 bridgehead atoms. The van der Waals surface area contributed by atoms with Crippen LogP contribution in [0.1, 0.15) is 0 Å². The van der Waals surface area contributed by atoms with Crippen LogP contribution in [-0.4, -0.2) is 72.9 Å². The van der Waals surface area contributed by atoms with Crippen LogP contribution in [0.15, 0.2) is 22.8 Å². The van der Waals surface area contributed by atoms with Gasteiger partial charge in [-0.2, -0.15) is 4.31 Å². The van der Waals surface area contributed by atoms with Crippen molar-refractivity contribution in [3.05, 3.63) is 22.8 Å². The molecule has 0 unspecified atom stereocenters. The predicted octanol–water partition coefficient (Wildman–Crippen LogP) is 0.143. The van der Waals surface area contributed by atoms with Gasteiger partial charge in [-0.05, 0) is 28.1 Å². The standard InChI is InChI=1S/C12H17BrN4O4S/c13-11-1-2-12(14-9-11)15-3-5-17(6-4-15)22(20,21)8-7-16(19)10-18/h1-2,9-10,19H,3-8H2. The molecule has 0 aromatic carbocycles. The number of hydroxylamine groups is 2. The van der Waals surface area contributed by atoms with Gasteiger partial charge in [-0.25, -0.2) is 18.5 Å². The molecule has 1 aliphatic heterocycles. The lowest BCUT2D eigenvalue weighted by atomic mass is 10.3. The van der Waals surface area contributed by atoms with E-state index in [0.717, 1.165) is 10.3 Å². The fourth-order valence-electron chi connectivity index (χ4n) is 2.14. The molecule has 1 aliphatic rings. The van der Waals surface area contributed by atoms with E-state index in [1.165, 1.54) is 4.31 Å². The molecule has 10 heteroatoms. The molecular formula is C12H17BrN4O4S. The van der Waals surface area contributed by atoms with E-state index in [9.17, 15) is 13.2 Å². The zero-order valence-electron chi connectivity index (χ0n) is 11.8. The number of pyridine rings is 1. The van der Waals surface area contributed by atoms with Crippen molar-refractivity contribution in [3.8, 4) is 0 Å². The number of halogens is 1. The van der Waals surface area contributed by atoms with Crippen molar-refractivity contribution < 1.29 is 18.4 Å².